The summed E-state index contributed by atoms with van der Waals surface area (Å²) in [5.41, 5.74) is 2.32. The highest BCUT2D eigenvalue weighted by Crippen LogP contribution is 2.22. The number of benzene rings is 1. The number of hydrogen-bond acceptors (Lipinski definition) is 3. The summed E-state index contributed by atoms with van der Waals surface area (Å²) < 4.78 is 28.1. The second kappa shape index (κ2) is 6.46. The molecular formula is C16H24N2O2S. The van der Waals surface area contributed by atoms with E-state index < -0.39 is 10.0 Å². The summed E-state index contributed by atoms with van der Waals surface area (Å²) in [6.45, 7) is 1.60. The van der Waals surface area contributed by atoms with E-state index in [1.54, 1.807) is 6.07 Å². The van der Waals surface area contributed by atoms with Crippen LogP contribution in [0.15, 0.2) is 23.1 Å². The predicted molar refractivity (Wildman–Crippen MR) is 83.4 cm³/mol. The molecule has 0 saturated heterocycles. The maximum absolute atomic E-state index is 12.6. The lowest BCUT2D eigenvalue weighted by molar-refractivity contribution is 0.426. The molecule has 0 radical (unpaired) electrons. The van der Waals surface area contributed by atoms with E-state index in [-0.39, 0.29) is 6.04 Å². The summed E-state index contributed by atoms with van der Waals surface area (Å²) in [5.74, 6) is 0. The van der Waals surface area contributed by atoms with Gasteiger partial charge in [0, 0.05) is 19.1 Å². The van der Waals surface area contributed by atoms with Gasteiger partial charge in [0.15, 0.2) is 0 Å². The van der Waals surface area contributed by atoms with E-state index >= 15 is 0 Å². The third-order valence-electron chi connectivity index (χ3n) is 4.55. The molecule has 1 aromatic rings. The van der Waals surface area contributed by atoms with E-state index in [0.29, 0.717) is 4.90 Å². The van der Waals surface area contributed by atoms with Gasteiger partial charge in [-0.3, -0.25) is 0 Å². The Kier molecular flexibility index (Phi) is 4.62. The highest BCUT2D eigenvalue weighted by Gasteiger charge is 2.22. The summed E-state index contributed by atoms with van der Waals surface area (Å²) in [4.78, 5) is 0.409. The van der Waals surface area contributed by atoms with Gasteiger partial charge in [-0.25, -0.2) is 13.1 Å². The molecule has 0 aromatic heterocycles. The van der Waals surface area contributed by atoms with Gasteiger partial charge in [0.25, 0.3) is 0 Å². The van der Waals surface area contributed by atoms with Crippen LogP contribution in [0.2, 0.25) is 0 Å². The Labute approximate surface area is 127 Å². The first-order valence-corrected chi connectivity index (χ1v) is 9.48. The Morgan fingerprint density at radius 2 is 1.62 bits per heavy atom. The van der Waals surface area contributed by atoms with Crippen molar-refractivity contribution >= 4 is 10.0 Å². The minimum Gasteiger partial charge on any atom is -0.309 e. The van der Waals surface area contributed by atoms with Crippen molar-refractivity contribution in [2.45, 2.75) is 69.0 Å². The quantitative estimate of drug-likeness (QED) is 0.902. The molecule has 1 aliphatic heterocycles. The summed E-state index contributed by atoms with van der Waals surface area (Å²) in [5, 5.41) is 3.25. The Bertz CT molecular complexity index is 590. The molecule has 2 N–H and O–H groups in total. The average Bonchev–Trinajstić information content (AvgIpc) is 2.89. The van der Waals surface area contributed by atoms with Crippen LogP contribution in [0.4, 0.5) is 0 Å². The first kappa shape index (κ1) is 15.0. The third kappa shape index (κ3) is 3.65. The molecule has 0 spiro atoms. The fourth-order valence-corrected chi connectivity index (χ4v) is 4.65. The lowest BCUT2D eigenvalue weighted by Gasteiger charge is -2.21. The SMILES string of the molecule is O=S(=O)(NC1CCCCCCC1)c1ccc2c(c1)CNC2. The zero-order valence-corrected chi connectivity index (χ0v) is 13.2. The van der Waals surface area contributed by atoms with Gasteiger partial charge in [-0.1, -0.05) is 38.2 Å². The molecule has 1 saturated carbocycles. The van der Waals surface area contributed by atoms with E-state index in [9.17, 15) is 8.42 Å². The van der Waals surface area contributed by atoms with E-state index in [1.165, 1.54) is 24.8 Å². The lowest BCUT2D eigenvalue weighted by atomic mass is 9.97. The molecule has 21 heavy (non-hydrogen) atoms. The minimum atomic E-state index is -3.39. The van der Waals surface area contributed by atoms with Crippen LogP contribution in [0.5, 0.6) is 0 Å². The third-order valence-corrected chi connectivity index (χ3v) is 6.06. The fourth-order valence-electron chi connectivity index (χ4n) is 3.30. The molecule has 2 aliphatic rings. The number of fused-ring (bicyclic) bond motifs is 1. The molecule has 1 heterocycles. The molecule has 1 fully saturated rings. The normalized spacial score (nSPS) is 20.8. The minimum absolute atomic E-state index is 0.0988. The number of hydrogen-bond donors (Lipinski definition) is 2. The largest absolute Gasteiger partial charge is 0.309 e. The molecular weight excluding hydrogens is 284 g/mol. The second-order valence-corrected chi connectivity index (χ2v) is 7.91. The summed E-state index contributed by atoms with van der Waals surface area (Å²) in [6.07, 6.45) is 7.92. The maximum atomic E-state index is 12.6. The van der Waals surface area contributed by atoms with Gasteiger partial charge in [-0.15, -0.1) is 0 Å². The molecule has 4 nitrogen and oxygen atoms in total. The van der Waals surface area contributed by atoms with Crippen molar-refractivity contribution in [1.82, 2.24) is 10.0 Å². The molecule has 5 heteroatoms. The van der Waals surface area contributed by atoms with Crippen LogP contribution in [-0.2, 0) is 23.1 Å². The summed E-state index contributed by atoms with van der Waals surface area (Å²) >= 11 is 0. The molecule has 116 valence electrons. The lowest BCUT2D eigenvalue weighted by Crippen LogP contribution is -2.35. The van der Waals surface area contributed by atoms with Crippen LogP contribution in [0.1, 0.15) is 56.1 Å². The first-order chi connectivity index (χ1) is 10.1. The standard InChI is InChI=1S/C16H24N2O2S/c19-21(20,18-15-6-4-2-1-3-5-7-15)16-9-8-13-11-17-12-14(13)10-16/h8-10,15,17-18H,1-7,11-12H2. The van der Waals surface area contributed by atoms with E-state index in [1.807, 2.05) is 12.1 Å². The maximum Gasteiger partial charge on any atom is 0.240 e. The first-order valence-electron chi connectivity index (χ1n) is 8.00. The highest BCUT2D eigenvalue weighted by atomic mass is 32.2. The number of sulfonamides is 1. The van der Waals surface area contributed by atoms with Crippen LogP contribution < -0.4 is 10.0 Å². The molecule has 0 amide bonds. The van der Waals surface area contributed by atoms with Gasteiger partial charge >= 0.3 is 0 Å². The van der Waals surface area contributed by atoms with E-state index in [4.69, 9.17) is 0 Å². The van der Waals surface area contributed by atoms with Crippen molar-refractivity contribution in [1.29, 1.82) is 0 Å². The highest BCUT2D eigenvalue weighted by molar-refractivity contribution is 7.89. The van der Waals surface area contributed by atoms with E-state index in [0.717, 1.165) is 44.3 Å². The molecule has 0 bridgehead atoms. The molecule has 1 aromatic carbocycles. The number of rotatable bonds is 3. The molecule has 0 atom stereocenters. The van der Waals surface area contributed by atoms with Crippen molar-refractivity contribution in [3.05, 3.63) is 29.3 Å². The van der Waals surface area contributed by atoms with Gasteiger partial charge in [-0.05, 0) is 36.1 Å². The zero-order valence-electron chi connectivity index (χ0n) is 12.4. The Morgan fingerprint density at radius 1 is 0.952 bits per heavy atom. The zero-order chi connectivity index (χ0) is 14.7. The topological polar surface area (TPSA) is 58.2 Å². The van der Waals surface area contributed by atoms with Crippen LogP contribution in [0.25, 0.3) is 0 Å². The van der Waals surface area contributed by atoms with Crippen LogP contribution >= 0.6 is 0 Å². The molecule has 0 unspecified atom stereocenters. The van der Waals surface area contributed by atoms with Crippen molar-refractivity contribution in [3.63, 3.8) is 0 Å². The predicted octanol–water partition coefficient (Wildman–Crippen LogP) is 2.68. The Morgan fingerprint density at radius 3 is 2.38 bits per heavy atom. The van der Waals surface area contributed by atoms with Crippen molar-refractivity contribution in [3.8, 4) is 0 Å². The summed E-state index contributed by atoms with van der Waals surface area (Å²) in [7, 11) is -3.39. The smallest absolute Gasteiger partial charge is 0.240 e. The van der Waals surface area contributed by atoms with Gasteiger partial charge in [-0.2, -0.15) is 0 Å². The van der Waals surface area contributed by atoms with E-state index in [2.05, 4.69) is 10.0 Å². The molecule has 3 rings (SSSR count). The average molecular weight is 308 g/mol. The monoisotopic (exact) mass is 308 g/mol. The van der Waals surface area contributed by atoms with Crippen molar-refractivity contribution < 1.29 is 8.42 Å². The fraction of sp³-hybridized carbons (Fsp3) is 0.625. The Hall–Kier alpha value is -0.910. The second-order valence-electron chi connectivity index (χ2n) is 6.20. The Balaban J connectivity index is 1.73. The van der Waals surface area contributed by atoms with Crippen LogP contribution in [-0.4, -0.2) is 14.5 Å². The van der Waals surface area contributed by atoms with Gasteiger partial charge in [0.1, 0.15) is 0 Å². The van der Waals surface area contributed by atoms with Crippen molar-refractivity contribution in [2.24, 2.45) is 0 Å². The van der Waals surface area contributed by atoms with Crippen LogP contribution in [0, 0.1) is 0 Å². The number of nitrogens with one attached hydrogen (secondary N) is 2. The van der Waals surface area contributed by atoms with Gasteiger partial charge in [0.05, 0.1) is 4.90 Å². The van der Waals surface area contributed by atoms with Gasteiger partial charge < -0.3 is 5.32 Å². The van der Waals surface area contributed by atoms with Crippen molar-refractivity contribution in [2.75, 3.05) is 0 Å². The summed E-state index contributed by atoms with van der Waals surface area (Å²) in [6, 6.07) is 5.58. The van der Waals surface area contributed by atoms with Crippen LogP contribution in [0.3, 0.4) is 0 Å². The molecule has 1 aliphatic carbocycles. The van der Waals surface area contributed by atoms with Gasteiger partial charge in [0.2, 0.25) is 10.0 Å².